The number of fused-ring (bicyclic) bond motifs is 1. The third kappa shape index (κ3) is 11.5. The van der Waals surface area contributed by atoms with Crippen LogP contribution in [-0.2, 0) is 51.4 Å². The number of amides is 2. The number of nitrogens with zero attached hydrogens (tertiary/aromatic N) is 4. The zero-order valence-corrected chi connectivity index (χ0v) is 42.4. The van der Waals surface area contributed by atoms with Gasteiger partial charge in [-0.3, -0.25) is 24.0 Å². The van der Waals surface area contributed by atoms with Crippen LogP contribution in [0.1, 0.15) is 68.2 Å². The molecule has 1 aromatic heterocycles. The Hall–Kier alpha value is -5.97. The van der Waals surface area contributed by atoms with Crippen LogP contribution >= 0.6 is 46.5 Å². The van der Waals surface area contributed by atoms with Crippen LogP contribution in [0.5, 0.6) is 23.0 Å². The largest absolute Gasteiger partial charge is 0.542 e. The number of rotatable bonds is 20. The summed E-state index contributed by atoms with van der Waals surface area (Å²) in [5, 5.41) is 4.53. The van der Waals surface area contributed by atoms with E-state index in [1.54, 1.807) is 59.3 Å². The Morgan fingerprint density at radius 2 is 1.54 bits per heavy atom. The van der Waals surface area contributed by atoms with Gasteiger partial charge in [0.15, 0.2) is 32.2 Å². The van der Waals surface area contributed by atoms with Crippen LogP contribution in [0.25, 0.3) is 0 Å². The van der Waals surface area contributed by atoms with E-state index >= 15 is 0 Å². The number of ether oxygens (including phenoxy) is 5. The number of Topliss-reactive ketones (excluding diaryl/α,β-unsaturated/α-hetero) is 2. The highest BCUT2D eigenvalue weighted by Gasteiger charge is 2.63. The van der Waals surface area contributed by atoms with Crippen molar-refractivity contribution in [2.45, 2.75) is 80.2 Å². The summed E-state index contributed by atoms with van der Waals surface area (Å²) in [7, 11) is 8.57. The average molecular weight is 1030 g/mol. The molecule has 23 heteroatoms. The van der Waals surface area contributed by atoms with Crippen molar-refractivity contribution < 1.29 is 61.9 Å². The maximum absolute atomic E-state index is 13.9. The van der Waals surface area contributed by atoms with Gasteiger partial charge in [-0.2, -0.15) is 0 Å². The second-order valence-electron chi connectivity index (χ2n) is 17.8. The number of ketones is 2. The SMILES string of the molecule is [B]OC(=O)[C@@]1(SC2CN(C(=O)C(=O)c3ccc(OCc4ccc(OC)cc4)c(OCc4ccc(OC)cc4)c3Cl)C2)CN2C(=O)C(CC(=O)/C(=N\OC(C)(C)C(=O)OC(C)(C)C)c3csc(N)n3)[C@H]2S1. The van der Waals surface area contributed by atoms with E-state index in [4.69, 9.17) is 58.6 Å². The molecule has 70 heavy (non-hydrogen) atoms. The molecule has 18 nitrogen and oxygen atoms in total. The number of nitrogen functional groups attached to an aromatic ring is 1. The molecule has 3 saturated heterocycles. The molecule has 0 saturated carbocycles. The number of hydrogen-bond acceptors (Lipinski definition) is 19. The van der Waals surface area contributed by atoms with E-state index in [0.29, 0.717) is 11.5 Å². The number of thioether (sulfide) groups is 2. The summed E-state index contributed by atoms with van der Waals surface area (Å²) in [5.74, 6) is -3.55. The minimum Gasteiger partial charge on any atom is -0.542 e. The van der Waals surface area contributed by atoms with E-state index in [1.165, 1.54) is 41.2 Å². The number of aromatic nitrogens is 1. The number of likely N-dealkylation sites (tertiary alicyclic amines) is 1. The first-order valence-electron chi connectivity index (χ1n) is 21.6. The lowest BCUT2D eigenvalue weighted by Gasteiger charge is -2.41. The molecule has 3 aliphatic rings. The molecule has 4 heterocycles. The normalized spacial score (nSPS) is 19.0. The number of methoxy groups -OCH3 is 2. The molecule has 1 unspecified atom stereocenters. The van der Waals surface area contributed by atoms with Gasteiger partial charge in [-0.25, -0.2) is 9.78 Å². The van der Waals surface area contributed by atoms with Crippen LogP contribution < -0.4 is 24.7 Å². The summed E-state index contributed by atoms with van der Waals surface area (Å²) in [6, 6.07) is 17.4. The van der Waals surface area contributed by atoms with Gasteiger partial charge in [0.1, 0.15) is 36.0 Å². The third-order valence-corrected chi connectivity index (χ3v) is 15.6. The number of benzene rings is 3. The van der Waals surface area contributed by atoms with Crippen molar-refractivity contribution in [1.29, 1.82) is 0 Å². The van der Waals surface area contributed by atoms with Crippen molar-refractivity contribution in [3.63, 3.8) is 0 Å². The van der Waals surface area contributed by atoms with Crippen molar-refractivity contribution in [1.82, 2.24) is 14.8 Å². The van der Waals surface area contributed by atoms with Crippen LogP contribution in [0.4, 0.5) is 5.13 Å². The van der Waals surface area contributed by atoms with E-state index in [9.17, 15) is 28.8 Å². The van der Waals surface area contributed by atoms with Crippen molar-refractivity contribution in [3.05, 3.63) is 93.5 Å². The quantitative estimate of drug-likeness (QED) is 0.0203. The van der Waals surface area contributed by atoms with Gasteiger partial charge in [0.05, 0.1) is 42.6 Å². The number of β-lactam (4-membered cyclic amide) rings is 1. The Morgan fingerprint density at radius 3 is 2.10 bits per heavy atom. The lowest BCUT2D eigenvalue weighted by atomic mass is 9.90. The highest BCUT2D eigenvalue weighted by Crippen LogP contribution is 2.57. The highest BCUT2D eigenvalue weighted by atomic mass is 35.5. The first kappa shape index (κ1) is 51.9. The molecule has 0 bridgehead atoms. The molecule has 0 aliphatic carbocycles. The summed E-state index contributed by atoms with van der Waals surface area (Å²) in [5.41, 5.74) is 4.75. The van der Waals surface area contributed by atoms with Gasteiger partial charge < -0.3 is 48.7 Å². The topological polar surface area (TPSA) is 225 Å². The summed E-state index contributed by atoms with van der Waals surface area (Å²) >= 11 is 10.2. The predicted octanol–water partition coefficient (Wildman–Crippen LogP) is 6.04. The monoisotopic (exact) mass is 1030 g/mol. The lowest BCUT2D eigenvalue weighted by Crippen LogP contribution is -2.58. The Balaban J connectivity index is 1.01. The third-order valence-electron chi connectivity index (χ3n) is 11.1. The van der Waals surface area contributed by atoms with Gasteiger partial charge >= 0.3 is 20.0 Å². The first-order chi connectivity index (χ1) is 33.1. The van der Waals surface area contributed by atoms with E-state index in [0.717, 1.165) is 46.0 Å². The van der Waals surface area contributed by atoms with Crippen molar-refractivity contribution in [3.8, 4) is 23.0 Å². The number of carbonyl (C=O) groups excluding carboxylic acids is 6. The number of anilines is 1. The second kappa shape index (κ2) is 21.2. The van der Waals surface area contributed by atoms with Crippen molar-refractivity contribution in [2.75, 3.05) is 39.6 Å². The molecule has 2 amide bonds. The highest BCUT2D eigenvalue weighted by molar-refractivity contribution is 8.20. The zero-order valence-electron chi connectivity index (χ0n) is 39.2. The predicted molar refractivity (Wildman–Crippen MR) is 263 cm³/mol. The molecule has 3 fully saturated rings. The molecule has 3 atom stereocenters. The molecule has 4 aromatic rings. The molecule has 3 aromatic carbocycles. The van der Waals surface area contributed by atoms with Gasteiger partial charge in [0.2, 0.25) is 11.5 Å². The molecule has 2 N–H and O–H groups in total. The molecular weight excluding hydrogens is 985 g/mol. The fraction of sp³-hybridized carbons (Fsp3) is 0.404. The standard InChI is InChI=1S/C47H49BClN5O13S3/c1-45(2,3)65-42(59)46(4,5)67-52-36(32-23-68-44(50)51-32)33(55)18-31-39(57)54-24-47(43(60)66-48,70-41(31)54)69-29-19-53(20-29)40(58)37(56)30-16-17-34(63-21-25-8-12-27(61-6)13-9-25)38(35(30)49)64-22-26-10-14-28(62-7)15-11-26/h8-17,23,29,31,41H,18-22,24H2,1-7H3,(H2,50,51)/b52-36-/t31?,41-,47-/m1/s1. The van der Waals surface area contributed by atoms with E-state index in [1.807, 2.05) is 24.3 Å². The van der Waals surface area contributed by atoms with E-state index in [-0.39, 0.29) is 83.1 Å². The molecule has 2 radical (unpaired) electrons. The fourth-order valence-corrected chi connectivity index (χ4v) is 11.9. The van der Waals surface area contributed by atoms with E-state index < -0.39 is 61.9 Å². The van der Waals surface area contributed by atoms with Crippen molar-refractivity contribution in [2.24, 2.45) is 11.1 Å². The fourth-order valence-electron chi connectivity index (χ4n) is 7.33. The molecular formula is C47H49BClN5O13S3. The van der Waals surface area contributed by atoms with Crippen molar-refractivity contribution >= 4 is 101 Å². The number of halogens is 1. The number of hydrogen-bond donors (Lipinski definition) is 1. The molecule has 0 spiro atoms. The van der Waals surface area contributed by atoms with Gasteiger partial charge in [-0.15, -0.1) is 34.9 Å². The molecule has 3 aliphatic heterocycles. The van der Waals surface area contributed by atoms with Gasteiger partial charge in [0, 0.05) is 30.1 Å². The summed E-state index contributed by atoms with van der Waals surface area (Å²) < 4.78 is 31.5. The van der Waals surface area contributed by atoms with Crippen LogP contribution in [0, 0.1) is 5.92 Å². The second-order valence-corrected chi connectivity index (χ2v) is 22.3. The van der Waals surface area contributed by atoms with Gasteiger partial charge in [-0.05, 0) is 82.1 Å². The zero-order chi connectivity index (χ0) is 50.7. The van der Waals surface area contributed by atoms with Crippen LogP contribution in [0.3, 0.4) is 0 Å². The number of nitrogens with two attached hydrogens (primary N) is 1. The Bertz CT molecular complexity index is 2690. The van der Waals surface area contributed by atoms with Gasteiger partial charge in [0.25, 0.3) is 11.7 Å². The lowest BCUT2D eigenvalue weighted by molar-refractivity contribution is -0.179. The van der Waals surface area contributed by atoms with Crippen LogP contribution in [0.2, 0.25) is 5.02 Å². The number of carbonyl (C=O) groups is 6. The first-order valence-corrected chi connectivity index (χ1v) is 24.7. The minimum absolute atomic E-state index is 0.0490. The minimum atomic E-state index is -1.61. The average Bonchev–Trinajstić information content (AvgIpc) is 3.91. The van der Waals surface area contributed by atoms with Gasteiger partial charge in [-0.1, -0.05) is 41.0 Å². The van der Waals surface area contributed by atoms with Crippen LogP contribution in [-0.4, -0.2) is 124 Å². The number of thiazole rings is 1. The maximum Gasteiger partial charge on any atom is 0.378 e. The van der Waals surface area contributed by atoms with E-state index in [2.05, 4.69) is 10.1 Å². The summed E-state index contributed by atoms with van der Waals surface area (Å²) in [6.07, 6.45) is -0.349. The van der Waals surface area contributed by atoms with Crippen LogP contribution in [0.15, 0.2) is 71.2 Å². The maximum atomic E-state index is 13.9. The Kier molecular flexibility index (Phi) is 15.7. The molecule has 7 rings (SSSR count). The molecule has 368 valence electrons. The summed E-state index contributed by atoms with van der Waals surface area (Å²) in [6.45, 7) is 8.16. The smallest absolute Gasteiger partial charge is 0.378 e. The number of oxime groups is 1. The Morgan fingerprint density at radius 1 is 0.929 bits per heavy atom. The number of esters is 1. The summed E-state index contributed by atoms with van der Waals surface area (Å²) in [4.78, 5) is 94.0. The Labute approximate surface area is 422 Å².